The van der Waals surface area contributed by atoms with Gasteiger partial charge in [0, 0.05) is 19.4 Å². The van der Waals surface area contributed by atoms with Gasteiger partial charge in [-0.2, -0.15) is 0 Å². The lowest BCUT2D eigenvalue weighted by Gasteiger charge is -2.49. The van der Waals surface area contributed by atoms with E-state index in [2.05, 4.69) is 0 Å². The Morgan fingerprint density at radius 3 is 2.89 bits per heavy atom. The molecule has 0 spiro atoms. The average Bonchev–Trinajstić information content (AvgIpc) is 2.60. The van der Waals surface area contributed by atoms with Gasteiger partial charge < -0.3 is 9.47 Å². The fraction of sp³-hybridized carbons (Fsp3) is 0.600. The van der Waals surface area contributed by atoms with Gasteiger partial charge >= 0.3 is 5.97 Å². The number of esters is 1. The summed E-state index contributed by atoms with van der Waals surface area (Å²) < 4.78 is 11.2. The Labute approximate surface area is 112 Å². The van der Waals surface area contributed by atoms with Crippen LogP contribution in [0.3, 0.4) is 0 Å². The molecule has 0 aromatic heterocycles. The summed E-state index contributed by atoms with van der Waals surface area (Å²) in [5.41, 5.74) is -0.973. The topological polar surface area (TPSA) is 52.6 Å². The molecule has 4 rings (SSSR count). The zero-order chi connectivity index (χ0) is 13.8. The first-order valence-electron chi connectivity index (χ1n) is 6.62. The van der Waals surface area contributed by atoms with Crippen LogP contribution in [0.2, 0.25) is 0 Å². The zero-order valence-corrected chi connectivity index (χ0v) is 11.4. The summed E-state index contributed by atoms with van der Waals surface area (Å²) in [7, 11) is 1.55. The molecule has 4 heteroatoms. The van der Waals surface area contributed by atoms with Crippen molar-refractivity contribution in [2.45, 2.75) is 37.9 Å². The molecule has 4 aliphatic rings. The molecule has 0 aromatic carbocycles. The van der Waals surface area contributed by atoms with Crippen LogP contribution in [0.1, 0.15) is 26.7 Å². The first-order chi connectivity index (χ1) is 8.97. The maximum atomic E-state index is 12.7. The number of hydrogen-bond acceptors (Lipinski definition) is 4. The third-order valence-electron chi connectivity index (χ3n) is 4.64. The van der Waals surface area contributed by atoms with Crippen LogP contribution in [0.25, 0.3) is 0 Å². The number of carbonyl (C=O) groups excluding carboxylic acids is 2. The number of allylic oxidation sites excluding steroid dienone is 2. The molecule has 1 aliphatic heterocycles. The lowest BCUT2D eigenvalue weighted by molar-refractivity contribution is -0.177. The molecule has 0 N–H and O–H groups in total. The van der Waals surface area contributed by atoms with E-state index in [-0.39, 0.29) is 23.6 Å². The summed E-state index contributed by atoms with van der Waals surface area (Å²) in [6, 6.07) is 0. The van der Waals surface area contributed by atoms with Crippen LogP contribution < -0.4 is 0 Å². The van der Waals surface area contributed by atoms with Gasteiger partial charge in [0.1, 0.15) is 5.60 Å². The Bertz CT molecular complexity index is 514. The Morgan fingerprint density at radius 2 is 2.26 bits per heavy atom. The Morgan fingerprint density at radius 1 is 1.53 bits per heavy atom. The van der Waals surface area contributed by atoms with Crippen LogP contribution in [-0.4, -0.2) is 30.1 Å². The summed E-state index contributed by atoms with van der Waals surface area (Å²) in [6.07, 6.45) is 6.59. The van der Waals surface area contributed by atoms with Crippen LogP contribution in [-0.2, 0) is 19.1 Å². The summed E-state index contributed by atoms with van der Waals surface area (Å²) >= 11 is 0. The van der Waals surface area contributed by atoms with Crippen LogP contribution >= 0.6 is 0 Å². The minimum absolute atomic E-state index is 0.0172. The molecule has 4 bridgehead atoms. The molecule has 0 aromatic rings. The Kier molecular flexibility index (Phi) is 2.52. The van der Waals surface area contributed by atoms with Crippen molar-refractivity contribution in [2.24, 2.45) is 11.8 Å². The lowest BCUT2D eigenvalue weighted by Crippen LogP contribution is -2.66. The molecule has 0 radical (unpaired) electrons. The van der Waals surface area contributed by atoms with Gasteiger partial charge in [0.25, 0.3) is 0 Å². The zero-order valence-electron chi connectivity index (χ0n) is 11.4. The van der Waals surface area contributed by atoms with Crippen LogP contribution in [0.15, 0.2) is 23.8 Å². The van der Waals surface area contributed by atoms with E-state index in [0.29, 0.717) is 12.8 Å². The van der Waals surface area contributed by atoms with Gasteiger partial charge in [0.15, 0.2) is 5.78 Å². The molecule has 1 unspecified atom stereocenters. The Hall–Kier alpha value is -1.42. The van der Waals surface area contributed by atoms with E-state index in [4.69, 9.17) is 9.47 Å². The van der Waals surface area contributed by atoms with Crippen LogP contribution in [0.5, 0.6) is 0 Å². The molecule has 1 saturated heterocycles. The van der Waals surface area contributed by atoms with Crippen molar-refractivity contribution >= 4 is 11.8 Å². The molecule has 102 valence electrons. The highest BCUT2D eigenvalue weighted by atomic mass is 16.6. The van der Waals surface area contributed by atoms with Crippen molar-refractivity contribution in [2.75, 3.05) is 7.11 Å². The number of hydrogen-bond donors (Lipinski definition) is 0. The van der Waals surface area contributed by atoms with Gasteiger partial charge in [-0.25, -0.2) is 0 Å². The van der Waals surface area contributed by atoms with E-state index in [1.165, 1.54) is 0 Å². The molecular formula is C15H18O4. The smallest absolute Gasteiger partial charge is 0.313 e. The fourth-order valence-corrected chi connectivity index (χ4v) is 3.65. The summed E-state index contributed by atoms with van der Waals surface area (Å²) in [4.78, 5) is 24.7. The third kappa shape index (κ3) is 1.32. The van der Waals surface area contributed by atoms with Gasteiger partial charge in [0.05, 0.1) is 5.92 Å². The van der Waals surface area contributed by atoms with E-state index >= 15 is 0 Å². The fourth-order valence-electron chi connectivity index (χ4n) is 3.65. The average molecular weight is 262 g/mol. The summed E-state index contributed by atoms with van der Waals surface area (Å²) in [5, 5.41) is 0. The van der Waals surface area contributed by atoms with Gasteiger partial charge in [-0.05, 0) is 20.3 Å². The predicted molar refractivity (Wildman–Crippen MR) is 68.4 cm³/mol. The van der Waals surface area contributed by atoms with Gasteiger partial charge in [-0.1, -0.05) is 23.8 Å². The quantitative estimate of drug-likeness (QED) is 0.575. The van der Waals surface area contributed by atoms with Gasteiger partial charge in [-0.3, -0.25) is 9.59 Å². The minimum Gasteiger partial charge on any atom is -0.447 e. The summed E-state index contributed by atoms with van der Waals surface area (Å²) in [5.74, 6) is -0.879. The maximum Gasteiger partial charge on any atom is 0.313 e. The molecule has 1 saturated carbocycles. The van der Waals surface area contributed by atoms with E-state index in [0.717, 1.165) is 5.57 Å². The van der Waals surface area contributed by atoms with E-state index in [9.17, 15) is 9.59 Å². The molecule has 3 aliphatic carbocycles. The van der Waals surface area contributed by atoms with Gasteiger partial charge in [0.2, 0.25) is 5.60 Å². The largest absolute Gasteiger partial charge is 0.447 e. The minimum atomic E-state index is -1.15. The number of rotatable bonds is 3. The highest BCUT2D eigenvalue weighted by Gasteiger charge is 2.74. The normalized spacial score (nSPS) is 42.5. The van der Waals surface area contributed by atoms with Crippen molar-refractivity contribution in [3.63, 3.8) is 0 Å². The van der Waals surface area contributed by atoms with Crippen molar-refractivity contribution in [3.05, 3.63) is 23.8 Å². The Balaban J connectivity index is 2.15. The van der Waals surface area contributed by atoms with E-state index < -0.39 is 11.2 Å². The number of carbonyl (C=O) groups is 2. The second kappa shape index (κ2) is 3.79. The maximum absolute atomic E-state index is 12.7. The first kappa shape index (κ1) is 12.6. The van der Waals surface area contributed by atoms with Crippen LogP contribution in [0.4, 0.5) is 0 Å². The van der Waals surface area contributed by atoms with Gasteiger partial charge in [-0.15, -0.1) is 0 Å². The highest BCUT2D eigenvalue weighted by molar-refractivity contribution is 6.02. The SMILES string of the molecule is CO[C@]12C=C[C@@H]3C[C@H]1C(=O)OC2(CC=C(C)C)C3=O. The number of ketones is 1. The molecule has 0 amide bonds. The van der Waals surface area contributed by atoms with E-state index in [1.807, 2.05) is 32.1 Å². The van der Waals surface area contributed by atoms with Crippen molar-refractivity contribution < 1.29 is 19.1 Å². The molecule has 2 fully saturated rings. The number of ether oxygens (including phenoxy) is 2. The molecular weight excluding hydrogens is 244 g/mol. The second-order valence-electron chi connectivity index (χ2n) is 5.85. The summed E-state index contributed by atoms with van der Waals surface area (Å²) in [6.45, 7) is 3.93. The number of Topliss-reactive ketones (excluding diaryl/α,β-unsaturated/α-hetero) is 1. The third-order valence-corrected chi connectivity index (χ3v) is 4.64. The molecule has 19 heavy (non-hydrogen) atoms. The highest BCUT2D eigenvalue weighted by Crippen LogP contribution is 2.57. The standard InChI is InChI=1S/C15H18O4/c1-9(2)4-6-15-12(16)10-5-7-14(15,18-3)11(8-10)13(17)19-15/h4-5,7,10-11H,6,8H2,1-3H3/t10-,11+,14-,15?/m1/s1. The number of methoxy groups -OCH3 is 1. The molecule has 1 heterocycles. The van der Waals surface area contributed by atoms with Crippen LogP contribution in [0, 0.1) is 11.8 Å². The second-order valence-corrected chi connectivity index (χ2v) is 5.85. The van der Waals surface area contributed by atoms with Crippen molar-refractivity contribution in [3.8, 4) is 0 Å². The van der Waals surface area contributed by atoms with Crippen molar-refractivity contribution in [1.82, 2.24) is 0 Å². The lowest BCUT2D eigenvalue weighted by atomic mass is 9.58. The van der Waals surface area contributed by atoms with E-state index in [1.54, 1.807) is 7.11 Å². The molecule has 4 nitrogen and oxygen atoms in total. The predicted octanol–water partition coefficient (Wildman–Crippen LogP) is 1.80. The van der Waals surface area contributed by atoms with Crippen molar-refractivity contribution in [1.29, 1.82) is 0 Å². The molecule has 4 atom stereocenters. The first-order valence-corrected chi connectivity index (χ1v) is 6.62. The monoisotopic (exact) mass is 262 g/mol.